The van der Waals surface area contributed by atoms with Crippen molar-refractivity contribution in [2.45, 2.75) is 32.9 Å². The second-order valence-corrected chi connectivity index (χ2v) is 7.56. The number of fused-ring (bicyclic) bond motifs is 1. The minimum Gasteiger partial charge on any atom is -0.376 e. The average molecular weight is 370 g/mol. The quantitative estimate of drug-likeness (QED) is 0.702. The standard InChI is InChI=1S/C20H22N2O3S/c1-4-25-17-9-24-8-16(17)22-11-21-19-18(20(22)23)15(10-26-19)14-7-12(2)5-6-13(14)3/h5-7,10-11,16-17H,4,8-9H2,1-3H3/t16-,17-/m0/s1. The Kier molecular flexibility index (Phi) is 4.65. The molecule has 0 bridgehead atoms. The van der Waals surface area contributed by atoms with E-state index in [2.05, 4.69) is 37.0 Å². The average Bonchev–Trinajstić information content (AvgIpc) is 3.25. The van der Waals surface area contributed by atoms with E-state index >= 15 is 0 Å². The molecule has 0 spiro atoms. The minimum absolute atomic E-state index is 0.0210. The number of hydrogen-bond donors (Lipinski definition) is 0. The number of aromatic nitrogens is 2. The van der Waals surface area contributed by atoms with Crippen molar-refractivity contribution in [1.29, 1.82) is 0 Å². The first-order valence-electron chi connectivity index (χ1n) is 8.85. The van der Waals surface area contributed by atoms with Gasteiger partial charge in [-0.1, -0.05) is 23.8 Å². The van der Waals surface area contributed by atoms with E-state index in [1.165, 1.54) is 16.9 Å². The third kappa shape index (κ3) is 2.88. The summed E-state index contributed by atoms with van der Waals surface area (Å²) >= 11 is 1.51. The first-order valence-corrected chi connectivity index (χ1v) is 9.73. The second kappa shape index (κ2) is 6.95. The van der Waals surface area contributed by atoms with E-state index in [1.54, 1.807) is 10.9 Å². The maximum absolute atomic E-state index is 13.3. The largest absolute Gasteiger partial charge is 0.376 e. The first kappa shape index (κ1) is 17.4. The van der Waals surface area contributed by atoms with E-state index in [4.69, 9.17) is 9.47 Å². The van der Waals surface area contributed by atoms with Gasteiger partial charge in [-0.05, 0) is 31.9 Å². The Morgan fingerprint density at radius 2 is 2.15 bits per heavy atom. The van der Waals surface area contributed by atoms with Gasteiger partial charge in [-0.2, -0.15) is 0 Å². The predicted octanol–water partition coefficient (Wildman–Crippen LogP) is 3.72. The molecule has 0 saturated carbocycles. The fraction of sp³-hybridized carbons (Fsp3) is 0.400. The van der Waals surface area contributed by atoms with Gasteiger partial charge in [0.05, 0.1) is 31.0 Å². The molecular weight excluding hydrogens is 348 g/mol. The number of nitrogens with zero attached hydrogens (tertiary/aromatic N) is 2. The zero-order valence-electron chi connectivity index (χ0n) is 15.2. The van der Waals surface area contributed by atoms with Crippen LogP contribution in [0.1, 0.15) is 24.1 Å². The fourth-order valence-corrected chi connectivity index (χ4v) is 4.46. The summed E-state index contributed by atoms with van der Waals surface area (Å²) in [5.41, 5.74) is 4.37. The molecule has 0 amide bonds. The van der Waals surface area contributed by atoms with Crippen molar-refractivity contribution in [3.63, 3.8) is 0 Å². The molecule has 0 N–H and O–H groups in total. The Balaban J connectivity index is 1.88. The molecule has 1 aliphatic rings. The van der Waals surface area contributed by atoms with Crippen molar-refractivity contribution < 1.29 is 9.47 Å². The highest BCUT2D eigenvalue weighted by atomic mass is 32.1. The molecule has 0 radical (unpaired) electrons. The Morgan fingerprint density at radius 3 is 2.96 bits per heavy atom. The van der Waals surface area contributed by atoms with Crippen LogP contribution in [0.4, 0.5) is 0 Å². The number of aryl methyl sites for hydroxylation is 2. The molecule has 1 fully saturated rings. The summed E-state index contributed by atoms with van der Waals surface area (Å²) < 4.78 is 13.0. The molecule has 2 atom stereocenters. The van der Waals surface area contributed by atoms with Crippen LogP contribution in [0.3, 0.4) is 0 Å². The van der Waals surface area contributed by atoms with Crippen molar-refractivity contribution in [2.75, 3.05) is 19.8 Å². The van der Waals surface area contributed by atoms with Crippen molar-refractivity contribution in [1.82, 2.24) is 9.55 Å². The number of benzene rings is 1. The zero-order valence-corrected chi connectivity index (χ0v) is 16.0. The molecule has 3 heterocycles. The van der Waals surface area contributed by atoms with Crippen LogP contribution in [0, 0.1) is 13.8 Å². The summed E-state index contributed by atoms with van der Waals surface area (Å²) in [6.07, 6.45) is 1.53. The molecule has 26 heavy (non-hydrogen) atoms. The zero-order chi connectivity index (χ0) is 18.3. The molecule has 4 rings (SSSR count). The number of ether oxygens (including phenoxy) is 2. The van der Waals surface area contributed by atoms with Crippen LogP contribution in [0.2, 0.25) is 0 Å². The normalized spacial score (nSPS) is 20.1. The van der Waals surface area contributed by atoms with Gasteiger partial charge in [-0.3, -0.25) is 9.36 Å². The van der Waals surface area contributed by atoms with Gasteiger partial charge in [-0.15, -0.1) is 11.3 Å². The lowest BCUT2D eigenvalue weighted by atomic mass is 9.99. The molecule has 1 aromatic carbocycles. The maximum atomic E-state index is 13.3. The molecular formula is C20H22N2O3S. The van der Waals surface area contributed by atoms with E-state index in [1.807, 2.05) is 12.3 Å². The topological polar surface area (TPSA) is 53.4 Å². The summed E-state index contributed by atoms with van der Waals surface area (Å²) in [7, 11) is 0. The highest BCUT2D eigenvalue weighted by molar-refractivity contribution is 7.17. The van der Waals surface area contributed by atoms with Crippen molar-refractivity contribution in [2.24, 2.45) is 0 Å². The number of hydrogen-bond acceptors (Lipinski definition) is 5. The van der Waals surface area contributed by atoms with E-state index < -0.39 is 0 Å². The van der Waals surface area contributed by atoms with E-state index in [0.29, 0.717) is 25.2 Å². The summed E-state index contributed by atoms with van der Waals surface area (Å²) in [6.45, 7) is 7.68. The Labute approximate surface area is 156 Å². The van der Waals surface area contributed by atoms with Crippen LogP contribution >= 0.6 is 11.3 Å². The lowest BCUT2D eigenvalue weighted by molar-refractivity contribution is 0.0356. The third-order valence-corrected chi connectivity index (χ3v) is 5.83. The maximum Gasteiger partial charge on any atom is 0.263 e. The predicted molar refractivity (Wildman–Crippen MR) is 104 cm³/mol. The smallest absolute Gasteiger partial charge is 0.263 e. The van der Waals surface area contributed by atoms with Crippen molar-refractivity contribution >= 4 is 21.6 Å². The van der Waals surface area contributed by atoms with Crippen LogP contribution in [0.15, 0.2) is 34.7 Å². The molecule has 6 heteroatoms. The lowest BCUT2D eigenvalue weighted by Crippen LogP contribution is -2.33. The SMILES string of the molecule is CCO[C@H]1COC[C@@H]1n1cnc2scc(-c3cc(C)ccc3C)c2c1=O. The van der Waals surface area contributed by atoms with Gasteiger partial charge >= 0.3 is 0 Å². The molecule has 1 saturated heterocycles. The first-order chi connectivity index (χ1) is 12.6. The second-order valence-electron chi connectivity index (χ2n) is 6.70. The van der Waals surface area contributed by atoms with Gasteiger partial charge in [-0.25, -0.2) is 4.98 Å². The summed E-state index contributed by atoms with van der Waals surface area (Å²) in [4.78, 5) is 18.7. The summed E-state index contributed by atoms with van der Waals surface area (Å²) in [5, 5.41) is 2.73. The van der Waals surface area contributed by atoms with Crippen molar-refractivity contribution in [3.8, 4) is 11.1 Å². The highest BCUT2D eigenvalue weighted by Gasteiger charge is 2.32. The lowest BCUT2D eigenvalue weighted by Gasteiger charge is -2.19. The molecule has 2 aromatic heterocycles. The molecule has 0 unspecified atom stereocenters. The fourth-order valence-electron chi connectivity index (χ4n) is 3.56. The Bertz CT molecular complexity index is 1010. The minimum atomic E-state index is -0.134. The van der Waals surface area contributed by atoms with Crippen LogP contribution in [-0.2, 0) is 9.47 Å². The molecule has 136 valence electrons. The number of rotatable bonds is 4. The van der Waals surface area contributed by atoms with Gasteiger partial charge < -0.3 is 9.47 Å². The van der Waals surface area contributed by atoms with E-state index in [9.17, 15) is 4.79 Å². The van der Waals surface area contributed by atoms with Crippen LogP contribution in [0.25, 0.3) is 21.3 Å². The van der Waals surface area contributed by atoms with Gasteiger partial charge in [0.25, 0.3) is 5.56 Å². The van der Waals surface area contributed by atoms with Crippen molar-refractivity contribution in [3.05, 3.63) is 51.4 Å². The summed E-state index contributed by atoms with van der Waals surface area (Å²) in [6, 6.07) is 6.19. The molecule has 0 aliphatic carbocycles. The molecule has 5 nitrogen and oxygen atoms in total. The van der Waals surface area contributed by atoms with Gasteiger partial charge in [0, 0.05) is 17.6 Å². The summed E-state index contributed by atoms with van der Waals surface area (Å²) in [5.74, 6) is 0. The van der Waals surface area contributed by atoms with Gasteiger partial charge in [0.1, 0.15) is 10.9 Å². The van der Waals surface area contributed by atoms with E-state index in [0.717, 1.165) is 21.5 Å². The molecule has 3 aromatic rings. The highest BCUT2D eigenvalue weighted by Crippen LogP contribution is 2.33. The molecule has 1 aliphatic heterocycles. The van der Waals surface area contributed by atoms with Crippen LogP contribution < -0.4 is 5.56 Å². The van der Waals surface area contributed by atoms with E-state index in [-0.39, 0.29) is 17.7 Å². The monoisotopic (exact) mass is 370 g/mol. The van der Waals surface area contributed by atoms with Gasteiger partial charge in [0.15, 0.2) is 0 Å². The Hall–Kier alpha value is -2.02. The Morgan fingerprint density at radius 1 is 1.31 bits per heavy atom. The van der Waals surface area contributed by atoms with Crippen LogP contribution in [-0.4, -0.2) is 35.5 Å². The van der Waals surface area contributed by atoms with Gasteiger partial charge in [0.2, 0.25) is 0 Å². The van der Waals surface area contributed by atoms with Crippen LogP contribution in [0.5, 0.6) is 0 Å². The third-order valence-electron chi connectivity index (χ3n) is 4.94. The number of thiophene rings is 1.